The first-order valence-electron chi connectivity index (χ1n) is 8.03. The van der Waals surface area contributed by atoms with E-state index in [9.17, 15) is 9.90 Å². The third-order valence-electron chi connectivity index (χ3n) is 4.42. The predicted molar refractivity (Wildman–Crippen MR) is 83.0 cm³/mol. The van der Waals surface area contributed by atoms with E-state index in [4.69, 9.17) is 0 Å². The molecule has 1 fully saturated rings. The quantitative estimate of drug-likeness (QED) is 0.719. The molecule has 1 aliphatic heterocycles. The average Bonchev–Trinajstić information content (AvgIpc) is 2.76. The Morgan fingerprint density at radius 1 is 1.45 bits per heavy atom. The summed E-state index contributed by atoms with van der Waals surface area (Å²) >= 11 is 0. The van der Waals surface area contributed by atoms with Crippen LogP contribution in [-0.2, 0) is 4.79 Å². The molecule has 1 heterocycles. The summed E-state index contributed by atoms with van der Waals surface area (Å²) in [6.07, 6.45) is 4.46. The van der Waals surface area contributed by atoms with Gasteiger partial charge in [-0.15, -0.1) is 0 Å². The van der Waals surface area contributed by atoms with Gasteiger partial charge in [0.15, 0.2) is 0 Å². The normalized spacial score (nSPS) is 24.8. The highest BCUT2D eigenvalue weighted by molar-refractivity contribution is 5.78. The van der Waals surface area contributed by atoms with Gasteiger partial charge in [-0.1, -0.05) is 13.3 Å². The minimum atomic E-state index is -0.837. The third kappa shape index (κ3) is 4.74. The molecule has 2 N–H and O–H groups in total. The highest BCUT2D eigenvalue weighted by atomic mass is 16.4. The summed E-state index contributed by atoms with van der Waals surface area (Å²) in [6.45, 7) is 12.5. The fraction of sp³-hybridized carbons (Fsp3) is 0.938. The minimum absolute atomic E-state index is 0.176. The van der Waals surface area contributed by atoms with Crippen molar-refractivity contribution in [1.82, 2.24) is 10.2 Å². The van der Waals surface area contributed by atoms with Crippen LogP contribution in [0.25, 0.3) is 0 Å². The molecule has 0 spiro atoms. The molecule has 118 valence electrons. The summed E-state index contributed by atoms with van der Waals surface area (Å²) < 4.78 is 0. The number of aliphatic carboxylic acids is 1. The summed E-state index contributed by atoms with van der Waals surface area (Å²) in [5.41, 5.74) is -0.837. The van der Waals surface area contributed by atoms with Crippen LogP contribution >= 0.6 is 0 Å². The second-order valence-corrected chi connectivity index (χ2v) is 6.93. The molecule has 4 nitrogen and oxygen atoms in total. The monoisotopic (exact) mass is 284 g/mol. The molecule has 0 aliphatic carbocycles. The Bertz CT molecular complexity index is 320. The van der Waals surface area contributed by atoms with Crippen molar-refractivity contribution in [3.8, 4) is 0 Å². The van der Waals surface area contributed by atoms with E-state index in [1.54, 1.807) is 0 Å². The van der Waals surface area contributed by atoms with E-state index in [1.807, 2.05) is 20.8 Å². The lowest BCUT2D eigenvalue weighted by Crippen LogP contribution is -2.55. The van der Waals surface area contributed by atoms with Crippen molar-refractivity contribution >= 4 is 5.97 Å². The molecule has 3 unspecified atom stereocenters. The largest absolute Gasteiger partial charge is 0.480 e. The predicted octanol–water partition coefficient (Wildman–Crippen LogP) is 2.73. The summed E-state index contributed by atoms with van der Waals surface area (Å²) in [5.74, 6) is 0.0546. The van der Waals surface area contributed by atoms with Crippen molar-refractivity contribution in [2.75, 3.05) is 13.1 Å². The van der Waals surface area contributed by atoms with Gasteiger partial charge in [0.1, 0.15) is 5.54 Å². The number of nitrogens with zero attached hydrogens (tertiary/aromatic N) is 1. The molecule has 0 aromatic carbocycles. The summed E-state index contributed by atoms with van der Waals surface area (Å²) in [6, 6.07) is 0.485. The van der Waals surface area contributed by atoms with Crippen LogP contribution in [0.15, 0.2) is 0 Å². The van der Waals surface area contributed by atoms with Gasteiger partial charge < -0.3 is 10.0 Å². The maximum absolute atomic E-state index is 11.6. The van der Waals surface area contributed by atoms with Crippen LogP contribution in [0, 0.1) is 5.92 Å². The summed E-state index contributed by atoms with van der Waals surface area (Å²) in [7, 11) is 0. The molecule has 0 saturated carbocycles. The van der Waals surface area contributed by atoms with Crippen molar-refractivity contribution in [1.29, 1.82) is 0 Å². The molecule has 1 saturated heterocycles. The Balaban J connectivity index is 2.58. The zero-order valence-corrected chi connectivity index (χ0v) is 13.8. The highest BCUT2D eigenvalue weighted by Gasteiger charge is 2.37. The molecule has 1 aliphatic rings. The minimum Gasteiger partial charge on any atom is -0.480 e. The Kier molecular flexibility index (Phi) is 6.46. The van der Waals surface area contributed by atoms with E-state index in [1.165, 1.54) is 19.3 Å². The number of hydrogen-bond acceptors (Lipinski definition) is 3. The molecule has 0 radical (unpaired) electrons. The number of carboxylic acid groups (broad SMARTS) is 1. The SMILES string of the molecule is CCCC1CCN(C(C)CC(C)(NC(C)C)C(=O)O)C1. The molecular weight excluding hydrogens is 252 g/mol. The van der Waals surface area contributed by atoms with Gasteiger partial charge in [-0.25, -0.2) is 0 Å². The average molecular weight is 284 g/mol. The number of rotatable bonds is 8. The molecule has 3 atom stereocenters. The van der Waals surface area contributed by atoms with Crippen molar-refractivity contribution < 1.29 is 9.90 Å². The first-order chi connectivity index (χ1) is 9.28. The molecule has 0 aromatic heterocycles. The smallest absolute Gasteiger partial charge is 0.323 e. The van der Waals surface area contributed by atoms with E-state index < -0.39 is 11.5 Å². The van der Waals surface area contributed by atoms with Crippen LogP contribution in [0.3, 0.4) is 0 Å². The summed E-state index contributed by atoms with van der Waals surface area (Å²) in [4.78, 5) is 14.1. The maximum atomic E-state index is 11.6. The van der Waals surface area contributed by atoms with Gasteiger partial charge in [0, 0.05) is 18.6 Å². The van der Waals surface area contributed by atoms with E-state index in [-0.39, 0.29) is 6.04 Å². The Hall–Kier alpha value is -0.610. The zero-order valence-electron chi connectivity index (χ0n) is 13.8. The van der Waals surface area contributed by atoms with Gasteiger partial charge in [0.05, 0.1) is 0 Å². The number of carboxylic acids is 1. The zero-order chi connectivity index (χ0) is 15.3. The molecular formula is C16H32N2O2. The Morgan fingerprint density at radius 3 is 2.60 bits per heavy atom. The third-order valence-corrected chi connectivity index (χ3v) is 4.42. The van der Waals surface area contributed by atoms with Crippen molar-refractivity contribution in [2.45, 2.75) is 77.9 Å². The molecule has 20 heavy (non-hydrogen) atoms. The van der Waals surface area contributed by atoms with Gasteiger partial charge in [-0.05, 0) is 59.4 Å². The molecule has 0 bridgehead atoms. The van der Waals surface area contributed by atoms with E-state index in [0.29, 0.717) is 12.5 Å². The van der Waals surface area contributed by atoms with Crippen LogP contribution in [0.5, 0.6) is 0 Å². The van der Waals surface area contributed by atoms with E-state index >= 15 is 0 Å². The van der Waals surface area contributed by atoms with Crippen LogP contribution < -0.4 is 5.32 Å². The van der Waals surface area contributed by atoms with Crippen molar-refractivity contribution in [3.63, 3.8) is 0 Å². The van der Waals surface area contributed by atoms with Gasteiger partial charge in [-0.2, -0.15) is 0 Å². The second-order valence-electron chi connectivity index (χ2n) is 6.93. The van der Waals surface area contributed by atoms with Crippen molar-refractivity contribution in [2.24, 2.45) is 5.92 Å². The van der Waals surface area contributed by atoms with Gasteiger partial charge in [-0.3, -0.25) is 10.1 Å². The molecule has 1 rings (SSSR count). The molecule has 0 aromatic rings. The van der Waals surface area contributed by atoms with Gasteiger partial charge in [0.25, 0.3) is 0 Å². The summed E-state index contributed by atoms with van der Waals surface area (Å²) in [5, 5.41) is 12.7. The fourth-order valence-electron chi connectivity index (χ4n) is 3.47. The lowest BCUT2D eigenvalue weighted by atomic mass is 9.92. The Labute approximate surface area is 123 Å². The van der Waals surface area contributed by atoms with Gasteiger partial charge in [0.2, 0.25) is 0 Å². The highest BCUT2D eigenvalue weighted by Crippen LogP contribution is 2.26. The number of nitrogens with one attached hydrogen (secondary N) is 1. The van der Waals surface area contributed by atoms with Crippen LogP contribution in [0.4, 0.5) is 0 Å². The topological polar surface area (TPSA) is 52.6 Å². The lowest BCUT2D eigenvalue weighted by molar-refractivity contribution is -0.145. The first kappa shape index (κ1) is 17.4. The van der Waals surface area contributed by atoms with Crippen LogP contribution in [0.1, 0.15) is 60.3 Å². The molecule has 4 heteroatoms. The number of hydrogen-bond donors (Lipinski definition) is 2. The second kappa shape index (κ2) is 7.41. The maximum Gasteiger partial charge on any atom is 0.323 e. The first-order valence-corrected chi connectivity index (χ1v) is 8.03. The van der Waals surface area contributed by atoms with Crippen LogP contribution in [-0.4, -0.2) is 46.7 Å². The van der Waals surface area contributed by atoms with E-state index in [2.05, 4.69) is 24.1 Å². The standard InChI is InChI=1S/C16H32N2O2/c1-6-7-14-8-9-18(11-14)13(4)10-16(5,15(19)20)17-12(2)3/h12-14,17H,6-11H2,1-5H3,(H,19,20). The molecule has 0 amide bonds. The lowest BCUT2D eigenvalue weighted by Gasteiger charge is -2.34. The van der Waals surface area contributed by atoms with Crippen LogP contribution in [0.2, 0.25) is 0 Å². The fourth-order valence-corrected chi connectivity index (χ4v) is 3.47. The number of carbonyl (C=O) groups is 1. The number of likely N-dealkylation sites (tertiary alicyclic amines) is 1. The van der Waals surface area contributed by atoms with E-state index in [0.717, 1.165) is 19.0 Å². The van der Waals surface area contributed by atoms with Crippen molar-refractivity contribution in [3.05, 3.63) is 0 Å². The van der Waals surface area contributed by atoms with Gasteiger partial charge >= 0.3 is 5.97 Å². The Morgan fingerprint density at radius 2 is 2.10 bits per heavy atom.